The number of hydrogen-bond acceptors (Lipinski definition) is 4. The van der Waals surface area contributed by atoms with E-state index >= 15 is 0 Å². The van der Waals surface area contributed by atoms with Gasteiger partial charge in [-0.1, -0.05) is 32.8 Å². The molecule has 0 amide bonds. The Bertz CT molecular complexity index is 622. The molecular weight excluding hydrogens is 328 g/mol. The molecule has 146 valence electrons. The van der Waals surface area contributed by atoms with Crippen molar-refractivity contribution >= 4 is 11.6 Å². The van der Waals surface area contributed by atoms with Crippen molar-refractivity contribution in [2.75, 3.05) is 0 Å². The predicted octanol–water partition coefficient (Wildman–Crippen LogP) is 4.06. The van der Waals surface area contributed by atoms with Crippen LogP contribution in [-0.2, 0) is 14.3 Å². The van der Waals surface area contributed by atoms with E-state index in [0.29, 0.717) is 18.8 Å². The summed E-state index contributed by atoms with van der Waals surface area (Å²) in [6.45, 7) is 9.98. The first-order valence-corrected chi connectivity index (χ1v) is 10.2. The maximum absolute atomic E-state index is 12.6. The van der Waals surface area contributed by atoms with Crippen molar-refractivity contribution in [2.24, 2.45) is 28.6 Å². The van der Waals surface area contributed by atoms with Gasteiger partial charge in [-0.15, -0.1) is 0 Å². The van der Waals surface area contributed by atoms with Crippen LogP contribution in [0.25, 0.3) is 0 Å². The minimum Gasteiger partial charge on any atom is -0.368 e. The van der Waals surface area contributed by atoms with Gasteiger partial charge in [-0.25, -0.2) is 0 Å². The fourth-order valence-electron chi connectivity index (χ4n) is 6.39. The molecule has 0 radical (unpaired) electrons. The molecule has 2 fully saturated rings. The number of hydrogen-bond donors (Lipinski definition) is 1. The highest BCUT2D eigenvalue weighted by Gasteiger charge is 2.59. The number of aliphatic hydroxyl groups excluding tert-OH is 1. The molecule has 0 aromatic carbocycles. The molecule has 3 rings (SSSR count). The van der Waals surface area contributed by atoms with E-state index in [1.807, 2.05) is 6.08 Å². The van der Waals surface area contributed by atoms with Crippen molar-refractivity contribution in [2.45, 2.75) is 85.5 Å². The lowest BCUT2D eigenvalue weighted by Gasteiger charge is -2.60. The van der Waals surface area contributed by atoms with Gasteiger partial charge in [0.15, 0.2) is 12.1 Å². The Morgan fingerprint density at radius 1 is 1.38 bits per heavy atom. The molecule has 26 heavy (non-hydrogen) atoms. The average Bonchev–Trinajstić information content (AvgIpc) is 2.56. The molecule has 0 bridgehead atoms. The second kappa shape index (κ2) is 6.87. The number of Topliss-reactive ketones (excluding diaryl/α,β-unsaturated/α-hetero) is 1. The Kier molecular flexibility index (Phi) is 5.22. The van der Waals surface area contributed by atoms with E-state index in [-0.39, 0.29) is 40.3 Å². The number of rotatable bonds is 4. The Hall–Kier alpha value is -1.00. The summed E-state index contributed by atoms with van der Waals surface area (Å²) in [4.78, 5) is 24.6. The van der Waals surface area contributed by atoms with Crippen LogP contribution in [0.1, 0.15) is 73.1 Å². The molecule has 4 heteroatoms. The average molecular weight is 363 g/mol. The van der Waals surface area contributed by atoms with Crippen molar-refractivity contribution in [1.29, 1.82) is 0 Å². The smallest absolute Gasteiger partial charge is 0.155 e. The van der Waals surface area contributed by atoms with Gasteiger partial charge in [-0.2, -0.15) is 0 Å². The Labute approximate surface area is 157 Å². The molecule has 0 aromatic heterocycles. The molecule has 0 aliphatic heterocycles. The van der Waals surface area contributed by atoms with Gasteiger partial charge in [-0.05, 0) is 68.8 Å². The maximum Gasteiger partial charge on any atom is 0.155 e. The summed E-state index contributed by atoms with van der Waals surface area (Å²) >= 11 is 0. The van der Waals surface area contributed by atoms with Gasteiger partial charge in [0.25, 0.3) is 0 Å². The van der Waals surface area contributed by atoms with Crippen molar-refractivity contribution in [1.82, 2.24) is 0 Å². The lowest BCUT2D eigenvalue weighted by molar-refractivity contribution is -0.194. The first kappa shape index (κ1) is 19.8. The lowest BCUT2D eigenvalue weighted by atomic mass is 9.45. The summed E-state index contributed by atoms with van der Waals surface area (Å²) in [5.41, 5.74) is 0.892. The minimum atomic E-state index is -0.840. The van der Waals surface area contributed by atoms with Gasteiger partial charge < -0.3 is 9.84 Å². The van der Waals surface area contributed by atoms with E-state index in [1.165, 1.54) is 5.57 Å². The van der Waals surface area contributed by atoms with Crippen molar-refractivity contribution in [3.05, 3.63) is 11.6 Å². The summed E-state index contributed by atoms with van der Waals surface area (Å²) in [5, 5.41) is 9.93. The van der Waals surface area contributed by atoms with Crippen LogP contribution in [0.2, 0.25) is 0 Å². The Morgan fingerprint density at radius 2 is 2.08 bits per heavy atom. The van der Waals surface area contributed by atoms with Crippen LogP contribution in [0, 0.1) is 28.6 Å². The molecule has 3 aliphatic carbocycles. The van der Waals surface area contributed by atoms with Crippen molar-refractivity contribution in [3.63, 3.8) is 0 Å². The fraction of sp³-hybridized carbons (Fsp3) is 0.818. The Balaban J connectivity index is 2.06. The number of carbonyl (C=O) groups is 2. The topological polar surface area (TPSA) is 63.6 Å². The molecule has 0 saturated heterocycles. The second-order valence-electron chi connectivity index (χ2n) is 9.24. The molecule has 0 spiro atoms. The highest BCUT2D eigenvalue weighted by Crippen LogP contribution is 2.62. The Morgan fingerprint density at radius 3 is 2.65 bits per heavy atom. The molecule has 7 unspecified atom stereocenters. The van der Waals surface area contributed by atoms with Crippen LogP contribution in [0.4, 0.5) is 0 Å². The minimum absolute atomic E-state index is 0.0165. The van der Waals surface area contributed by atoms with Crippen LogP contribution in [0.5, 0.6) is 0 Å². The SMILES string of the molecule is CCC1C2C(OC(C)O)CC3=CC(=O)CCC3(C)C2CCC1(C)C(C)=O. The molecular formula is C22H34O4. The molecule has 1 N–H and O–H groups in total. The highest BCUT2D eigenvalue weighted by atomic mass is 16.6. The van der Waals surface area contributed by atoms with Crippen LogP contribution >= 0.6 is 0 Å². The number of fused-ring (bicyclic) bond motifs is 3. The summed E-state index contributed by atoms with van der Waals surface area (Å²) in [6, 6.07) is 0. The van der Waals surface area contributed by atoms with Crippen LogP contribution in [-0.4, -0.2) is 29.1 Å². The van der Waals surface area contributed by atoms with Crippen molar-refractivity contribution < 1.29 is 19.4 Å². The third kappa shape index (κ3) is 2.99. The predicted molar refractivity (Wildman–Crippen MR) is 100 cm³/mol. The zero-order valence-corrected chi connectivity index (χ0v) is 16.9. The van der Waals surface area contributed by atoms with Gasteiger partial charge in [0.1, 0.15) is 5.78 Å². The van der Waals surface area contributed by atoms with Gasteiger partial charge >= 0.3 is 0 Å². The number of aliphatic hydroxyl groups is 1. The van der Waals surface area contributed by atoms with Gasteiger partial charge in [0.2, 0.25) is 0 Å². The molecule has 4 nitrogen and oxygen atoms in total. The summed E-state index contributed by atoms with van der Waals surface area (Å²) in [7, 11) is 0. The molecule has 7 atom stereocenters. The van der Waals surface area contributed by atoms with Crippen LogP contribution in [0.15, 0.2) is 11.6 Å². The number of ketones is 2. The van der Waals surface area contributed by atoms with E-state index in [1.54, 1.807) is 13.8 Å². The summed E-state index contributed by atoms with van der Waals surface area (Å²) < 4.78 is 5.99. The largest absolute Gasteiger partial charge is 0.368 e. The third-order valence-corrected chi connectivity index (χ3v) is 7.97. The normalized spacial score (nSPS) is 43.9. The van der Waals surface area contributed by atoms with Gasteiger partial charge in [0, 0.05) is 11.8 Å². The first-order chi connectivity index (χ1) is 12.1. The van der Waals surface area contributed by atoms with E-state index in [9.17, 15) is 14.7 Å². The van der Waals surface area contributed by atoms with Crippen molar-refractivity contribution in [3.8, 4) is 0 Å². The lowest BCUT2D eigenvalue weighted by Crippen LogP contribution is -2.57. The molecule has 0 aromatic rings. The number of allylic oxidation sites excluding steroid dienone is 1. The van der Waals surface area contributed by atoms with E-state index in [0.717, 1.165) is 25.7 Å². The van der Waals surface area contributed by atoms with E-state index in [2.05, 4.69) is 20.8 Å². The van der Waals surface area contributed by atoms with Crippen LogP contribution in [0.3, 0.4) is 0 Å². The standard InChI is InChI=1S/C22H34O4/c1-6-17-20-18(8-10-21(17,4)13(2)23)22(5)9-7-16(25)11-15(22)12-19(20)26-14(3)24/h11,14,17-20,24H,6-10,12H2,1-5H3. The second-order valence-corrected chi connectivity index (χ2v) is 9.24. The molecule has 0 heterocycles. The first-order valence-electron chi connectivity index (χ1n) is 10.2. The van der Waals surface area contributed by atoms with Gasteiger partial charge in [0.05, 0.1) is 6.10 Å². The quantitative estimate of drug-likeness (QED) is 0.766. The molecule has 2 saturated carbocycles. The zero-order valence-electron chi connectivity index (χ0n) is 16.9. The number of ether oxygens (including phenoxy) is 1. The van der Waals surface area contributed by atoms with Gasteiger partial charge in [-0.3, -0.25) is 9.59 Å². The van der Waals surface area contributed by atoms with E-state index in [4.69, 9.17) is 4.74 Å². The fourth-order valence-corrected chi connectivity index (χ4v) is 6.39. The van der Waals surface area contributed by atoms with E-state index < -0.39 is 6.29 Å². The monoisotopic (exact) mass is 362 g/mol. The molecule has 3 aliphatic rings. The van der Waals surface area contributed by atoms with Crippen LogP contribution < -0.4 is 0 Å². The zero-order chi connectivity index (χ0) is 19.3. The highest BCUT2D eigenvalue weighted by molar-refractivity contribution is 5.91. The third-order valence-electron chi connectivity index (χ3n) is 7.97. The summed E-state index contributed by atoms with van der Waals surface area (Å²) in [5.74, 6) is 1.37. The summed E-state index contributed by atoms with van der Waals surface area (Å²) in [6.07, 6.45) is 5.90. The maximum atomic E-state index is 12.6. The number of carbonyl (C=O) groups excluding carboxylic acids is 2.